The smallest absolute Gasteiger partial charge is 0.328 e. The molecule has 2 unspecified atom stereocenters. The van der Waals surface area contributed by atoms with Gasteiger partial charge in [-0.2, -0.15) is 0 Å². The van der Waals surface area contributed by atoms with Crippen molar-refractivity contribution in [1.29, 1.82) is 0 Å². The normalized spacial score (nSPS) is 24.4. The quantitative estimate of drug-likeness (QED) is 0.105. The van der Waals surface area contributed by atoms with Gasteiger partial charge in [-0.3, -0.25) is 15.0 Å². The van der Waals surface area contributed by atoms with Crippen LogP contribution in [-0.2, 0) is 4.79 Å². The van der Waals surface area contributed by atoms with Crippen LogP contribution in [0.2, 0.25) is 0 Å². The van der Waals surface area contributed by atoms with Gasteiger partial charge in [-0.05, 0) is 155 Å². The zero-order valence-electron chi connectivity index (χ0n) is 38.3. The number of likely N-dealkylation sites (tertiary alicyclic amines) is 2. The first-order valence-electron chi connectivity index (χ1n) is 24.8. The number of aromatic hydroxyl groups is 1. The number of anilines is 3. The summed E-state index contributed by atoms with van der Waals surface area (Å²) in [7, 11) is 0. The number of nitrogens with zero attached hydrogens (tertiary/aromatic N) is 7. The summed E-state index contributed by atoms with van der Waals surface area (Å²) in [4.78, 5) is 41.4. The van der Waals surface area contributed by atoms with E-state index in [1.54, 1.807) is 23.1 Å². The number of allylic oxidation sites excluding steroid dienone is 1. The molecule has 348 valence electrons. The van der Waals surface area contributed by atoms with Gasteiger partial charge in [0.2, 0.25) is 5.91 Å². The number of carbonyl (C=O) groups is 2. The molecule has 7 heterocycles. The number of piperidine rings is 2. The van der Waals surface area contributed by atoms with E-state index in [4.69, 9.17) is 22.2 Å². The van der Waals surface area contributed by atoms with Crippen molar-refractivity contribution in [3.8, 4) is 5.75 Å². The number of phenolic OH excluding ortho intramolecular Hbond substituents is 1. The van der Waals surface area contributed by atoms with Crippen LogP contribution < -0.4 is 37.2 Å². The number of imide groups is 1. The number of urea groups is 1. The molecular weight excluding hydrogens is 827 g/mol. The molecule has 4 aromatic rings. The Morgan fingerprint density at radius 3 is 2.21 bits per heavy atom. The summed E-state index contributed by atoms with van der Waals surface area (Å²) in [6.07, 6.45) is 21.1. The van der Waals surface area contributed by atoms with E-state index in [0.29, 0.717) is 53.7 Å². The third-order valence-electron chi connectivity index (χ3n) is 16.6. The number of piperazine rings is 1. The first-order valence-corrected chi connectivity index (χ1v) is 24.8. The zero-order valence-corrected chi connectivity index (χ0v) is 38.3. The van der Waals surface area contributed by atoms with Crippen molar-refractivity contribution in [3.63, 3.8) is 0 Å². The van der Waals surface area contributed by atoms with Gasteiger partial charge in [-0.1, -0.05) is 18.2 Å². The fourth-order valence-electron chi connectivity index (χ4n) is 12.7. The molecule has 1 spiro atoms. The van der Waals surface area contributed by atoms with E-state index in [1.807, 2.05) is 18.3 Å². The fraction of sp³-hybridized carbons (Fsp3) is 0.519. The van der Waals surface area contributed by atoms with E-state index >= 15 is 0 Å². The number of pyridine rings is 1. The van der Waals surface area contributed by atoms with Gasteiger partial charge in [0, 0.05) is 98.0 Å². The summed E-state index contributed by atoms with van der Waals surface area (Å²) in [5.74, 6) is 1.48. The maximum Gasteiger partial charge on any atom is 0.328 e. The molecule has 2 aliphatic carbocycles. The first kappa shape index (κ1) is 42.7. The second kappa shape index (κ2) is 17.4. The van der Waals surface area contributed by atoms with Gasteiger partial charge in [0.05, 0.1) is 17.6 Å². The highest BCUT2D eigenvalue weighted by atomic mass is 16.3. The largest absolute Gasteiger partial charge is 0.507 e. The molecular formula is C52H67N11O3. The van der Waals surface area contributed by atoms with Crippen LogP contribution in [0.3, 0.4) is 0 Å². The number of aromatic nitrogens is 2. The Labute approximate surface area is 388 Å². The van der Waals surface area contributed by atoms with E-state index in [2.05, 4.69) is 66.0 Å². The lowest BCUT2D eigenvalue weighted by molar-refractivity contribution is -0.120. The van der Waals surface area contributed by atoms with Gasteiger partial charge < -0.3 is 46.5 Å². The van der Waals surface area contributed by atoms with Crippen molar-refractivity contribution in [3.05, 3.63) is 95.7 Å². The van der Waals surface area contributed by atoms with Crippen molar-refractivity contribution >= 4 is 45.7 Å². The SMILES string of the molecule is NC(N)=C(/C=C(\N)c1ccccc1O)N1CC2CCC(C1)N2c1cccc(N2CCC(CN3CCC4(CCC(n5cc(C6CC6)c6cc(N7CCC(=O)NC7=O)cnc65)CC4)CC3)CC2)c1. The second-order valence-electron chi connectivity index (χ2n) is 20.7. The molecule has 14 heteroatoms. The maximum absolute atomic E-state index is 12.6. The summed E-state index contributed by atoms with van der Waals surface area (Å²) >= 11 is 0. The van der Waals surface area contributed by atoms with Gasteiger partial charge in [-0.25, -0.2) is 9.78 Å². The molecule has 2 bridgehead atoms. The fourth-order valence-corrected chi connectivity index (χ4v) is 12.7. The van der Waals surface area contributed by atoms with Crippen molar-refractivity contribution in [2.45, 2.75) is 108 Å². The Hall–Kier alpha value is -5.89. The summed E-state index contributed by atoms with van der Waals surface area (Å²) in [5, 5.41) is 14.0. The summed E-state index contributed by atoms with van der Waals surface area (Å²) in [6.45, 7) is 7.87. The molecule has 2 saturated carbocycles. The van der Waals surface area contributed by atoms with E-state index in [9.17, 15) is 14.7 Å². The predicted molar refractivity (Wildman–Crippen MR) is 261 cm³/mol. The molecule has 3 amide bonds. The standard InChI is InChI=1S/C52H67N11O3/c53-45(42-6-1-2-7-47(42)64)28-46(49(54)55)60-31-39-10-11-40(32-60)63(39)38-5-3-4-37(26-38)59-21-14-34(15-22-59)30-58-24-19-52(20-25-58)17-12-36(13-18-52)62-33-44(35-8-9-35)43-27-41(29-56-50(43)62)61-23-16-48(65)57-51(61)66/h1-7,26-29,33-36,39-40,64H,8-25,30-32,53-55H2,(H,57,65,66)/b45-28-. The first-order chi connectivity index (χ1) is 32.1. The lowest BCUT2D eigenvalue weighted by atomic mass is 9.67. The number of hydrogen-bond donors (Lipinski definition) is 5. The number of hydrogen-bond acceptors (Lipinski definition) is 11. The molecule has 5 saturated heterocycles. The summed E-state index contributed by atoms with van der Waals surface area (Å²) in [6, 6.07) is 19.2. The highest BCUT2D eigenvalue weighted by Gasteiger charge is 2.42. The topological polar surface area (TPSA) is 178 Å². The number of carbonyl (C=O) groups excluding carboxylic acids is 2. The van der Waals surface area contributed by atoms with E-state index < -0.39 is 0 Å². The van der Waals surface area contributed by atoms with Gasteiger partial charge in [0.1, 0.15) is 17.2 Å². The van der Waals surface area contributed by atoms with Crippen LogP contribution in [0.15, 0.2) is 84.6 Å². The highest BCUT2D eigenvalue weighted by Crippen LogP contribution is 2.50. The third kappa shape index (κ3) is 8.30. The number of benzene rings is 2. The number of rotatable bonds is 10. The molecule has 0 radical (unpaired) electrons. The molecule has 11 rings (SSSR count). The van der Waals surface area contributed by atoms with Crippen LogP contribution in [0.4, 0.5) is 21.9 Å². The zero-order chi connectivity index (χ0) is 45.1. The summed E-state index contributed by atoms with van der Waals surface area (Å²) < 4.78 is 2.48. The monoisotopic (exact) mass is 894 g/mol. The molecule has 8 N–H and O–H groups in total. The Morgan fingerprint density at radius 1 is 0.788 bits per heavy atom. The number of nitrogens with one attached hydrogen (secondary N) is 1. The molecule has 14 nitrogen and oxygen atoms in total. The molecule has 2 aromatic carbocycles. The molecule has 5 aliphatic heterocycles. The van der Waals surface area contributed by atoms with E-state index in [-0.39, 0.29) is 23.5 Å². The van der Waals surface area contributed by atoms with Gasteiger partial charge in [0.15, 0.2) is 0 Å². The van der Waals surface area contributed by atoms with Crippen LogP contribution in [0.1, 0.15) is 107 Å². The van der Waals surface area contributed by atoms with Crippen molar-refractivity contribution in [2.75, 3.05) is 67.1 Å². The summed E-state index contributed by atoms with van der Waals surface area (Å²) in [5.41, 5.74) is 27.0. The van der Waals surface area contributed by atoms with Gasteiger partial charge in [-0.15, -0.1) is 0 Å². The molecule has 7 aliphatic rings. The van der Waals surface area contributed by atoms with Crippen molar-refractivity contribution in [1.82, 2.24) is 24.7 Å². The average Bonchev–Trinajstić information content (AvgIpc) is 4.05. The minimum atomic E-state index is -0.353. The predicted octanol–water partition coefficient (Wildman–Crippen LogP) is 6.92. The number of fused-ring (bicyclic) bond motifs is 3. The van der Waals surface area contributed by atoms with Crippen LogP contribution >= 0.6 is 0 Å². The minimum absolute atomic E-state index is 0.134. The second-order valence-corrected chi connectivity index (χ2v) is 20.7. The number of nitrogens with two attached hydrogens (primary N) is 3. The number of para-hydroxylation sites is 1. The molecule has 2 aromatic heterocycles. The minimum Gasteiger partial charge on any atom is -0.507 e. The molecule has 7 fully saturated rings. The number of phenols is 1. The van der Waals surface area contributed by atoms with Crippen LogP contribution in [0, 0.1) is 11.3 Å². The van der Waals surface area contributed by atoms with E-state index in [0.717, 1.165) is 62.0 Å². The Balaban J connectivity index is 0.663. The van der Waals surface area contributed by atoms with Crippen LogP contribution in [-0.4, -0.2) is 101 Å². The third-order valence-corrected chi connectivity index (χ3v) is 16.6. The lowest BCUT2D eigenvalue weighted by Crippen LogP contribution is -2.54. The maximum atomic E-state index is 12.6. The van der Waals surface area contributed by atoms with Crippen molar-refractivity contribution < 1.29 is 14.7 Å². The van der Waals surface area contributed by atoms with Gasteiger partial charge >= 0.3 is 6.03 Å². The average molecular weight is 894 g/mol. The van der Waals surface area contributed by atoms with Crippen LogP contribution in [0.25, 0.3) is 16.7 Å². The Bertz CT molecular complexity index is 2520. The highest BCUT2D eigenvalue weighted by molar-refractivity contribution is 6.06. The Kier molecular flexibility index (Phi) is 11.3. The Morgan fingerprint density at radius 2 is 1.52 bits per heavy atom. The van der Waals surface area contributed by atoms with E-state index in [1.165, 1.54) is 106 Å². The lowest BCUT2D eigenvalue weighted by Gasteiger charge is -2.47. The van der Waals surface area contributed by atoms with Crippen LogP contribution in [0.5, 0.6) is 5.75 Å². The van der Waals surface area contributed by atoms with Gasteiger partial charge in [0.25, 0.3) is 0 Å². The molecule has 66 heavy (non-hydrogen) atoms. The number of amides is 3. The van der Waals surface area contributed by atoms with Crippen molar-refractivity contribution in [2.24, 2.45) is 28.5 Å². The molecule has 2 atom stereocenters.